The van der Waals surface area contributed by atoms with Gasteiger partial charge in [-0.3, -0.25) is 4.79 Å². The van der Waals surface area contributed by atoms with Crippen LogP contribution in [0.15, 0.2) is 0 Å². The molecule has 0 spiro atoms. The Morgan fingerprint density at radius 2 is 1.93 bits per heavy atom. The van der Waals surface area contributed by atoms with E-state index in [0.717, 1.165) is 0 Å². The molecule has 0 bridgehead atoms. The maximum absolute atomic E-state index is 10.3. The summed E-state index contributed by atoms with van der Waals surface area (Å²) >= 11 is 0. The Hall–Kier alpha value is -0.650. The van der Waals surface area contributed by atoms with Gasteiger partial charge in [0.15, 0.2) is 0 Å². The van der Waals surface area contributed by atoms with Crippen molar-refractivity contribution in [1.29, 1.82) is 0 Å². The number of aliphatic carboxylic acids is 1. The maximum Gasteiger partial charge on any atom is 0.305 e. The average Bonchev–Trinajstić information content (AvgIpc) is 2.23. The second-order valence-corrected chi connectivity index (χ2v) is 3.88. The fraction of sp³-hybridized carbons (Fsp3) is 0.900. The van der Waals surface area contributed by atoms with Gasteiger partial charge >= 0.3 is 5.97 Å². The van der Waals surface area contributed by atoms with Crippen molar-refractivity contribution < 1.29 is 24.9 Å². The Balaban J connectivity index is 4.16. The summed E-state index contributed by atoms with van der Waals surface area (Å²) < 4.78 is 5.35. The van der Waals surface area contributed by atoms with E-state index >= 15 is 0 Å². The molecule has 0 heterocycles. The summed E-state index contributed by atoms with van der Waals surface area (Å²) in [6.45, 7) is 3.31. The first-order chi connectivity index (χ1) is 7.00. The lowest BCUT2D eigenvalue weighted by Crippen LogP contribution is -2.41. The van der Waals surface area contributed by atoms with Crippen LogP contribution in [0, 0.1) is 5.41 Å². The van der Waals surface area contributed by atoms with Crippen molar-refractivity contribution >= 4 is 5.97 Å². The van der Waals surface area contributed by atoms with E-state index in [0.29, 0.717) is 6.42 Å². The van der Waals surface area contributed by atoms with Crippen LogP contribution >= 0.6 is 0 Å². The topological polar surface area (TPSA) is 87.0 Å². The van der Waals surface area contributed by atoms with Gasteiger partial charge in [0, 0.05) is 5.41 Å². The van der Waals surface area contributed by atoms with E-state index in [4.69, 9.17) is 20.1 Å². The van der Waals surface area contributed by atoms with Gasteiger partial charge in [0.1, 0.15) is 0 Å². The molecule has 0 aromatic rings. The molecule has 5 heteroatoms. The molecule has 5 nitrogen and oxygen atoms in total. The summed E-state index contributed by atoms with van der Waals surface area (Å²) in [7, 11) is 0. The molecule has 0 saturated carbocycles. The van der Waals surface area contributed by atoms with E-state index < -0.39 is 11.4 Å². The Morgan fingerprint density at radius 3 is 2.27 bits per heavy atom. The monoisotopic (exact) mass is 220 g/mol. The minimum atomic E-state index is -0.917. The number of hydrogen-bond donors (Lipinski definition) is 3. The standard InChI is InChI=1S/C10H20O5/c1-3-8(10(2,6-11)7-12)15-5-4-9(13)14/h8,11-12H,3-7H2,1-2H3,(H,13,14). The molecule has 0 aliphatic carbocycles. The molecule has 0 aromatic carbocycles. The first kappa shape index (κ1) is 14.3. The lowest BCUT2D eigenvalue weighted by molar-refractivity contribution is -0.140. The molecule has 1 unspecified atom stereocenters. The van der Waals surface area contributed by atoms with Gasteiger partial charge in [-0.05, 0) is 6.42 Å². The van der Waals surface area contributed by atoms with E-state index in [1.165, 1.54) is 0 Å². The summed E-state index contributed by atoms with van der Waals surface area (Å²) in [6.07, 6.45) is 0.229. The van der Waals surface area contributed by atoms with Crippen LogP contribution in [-0.4, -0.2) is 47.2 Å². The molecule has 0 rings (SSSR count). The summed E-state index contributed by atoms with van der Waals surface area (Å²) in [5.74, 6) is -0.917. The van der Waals surface area contributed by atoms with E-state index in [2.05, 4.69) is 0 Å². The molecule has 3 N–H and O–H groups in total. The lowest BCUT2D eigenvalue weighted by atomic mass is 9.84. The fourth-order valence-corrected chi connectivity index (χ4v) is 1.35. The molecular formula is C10H20O5. The van der Waals surface area contributed by atoms with Crippen molar-refractivity contribution in [3.8, 4) is 0 Å². The van der Waals surface area contributed by atoms with Crippen molar-refractivity contribution in [3.05, 3.63) is 0 Å². The highest BCUT2D eigenvalue weighted by Gasteiger charge is 2.32. The third-order valence-corrected chi connectivity index (χ3v) is 2.51. The van der Waals surface area contributed by atoms with Crippen LogP contribution in [0.5, 0.6) is 0 Å². The lowest BCUT2D eigenvalue weighted by Gasteiger charge is -2.33. The molecule has 0 amide bonds. The quantitative estimate of drug-likeness (QED) is 0.545. The third-order valence-electron chi connectivity index (χ3n) is 2.51. The number of aliphatic hydroxyl groups excluding tert-OH is 2. The predicted octanol–water partition coefficient (Wildman–Crippen LogP) is 0.247. The third kappa shape index (κ3) is 4.59. The normalized spacial score (nSPS) is 13.9. The summed E-state index contributed by atoms with van der Waals surface area (Å²) in [6, 6.07) is 0. The highest BCUT2D eigenvalue weighted by molar-refractivity contribution is 5.66. The van der Waals surface area contributed by atoms with Gasteiger partial charge in [0.05, 0.1) is 32.3 Å². The van der Waals surface area contributed by atoms with Crippen LogP contribution in [0.3, 0.4) is 0 Å². The van der Waals surface area contributed by atoms with Crippen molar-refractivity contribution in [3.63, 3.8) is 0 Å². The van der Waals surface area contributed by atoms with E-state index in [-0.39, 0.29) is 32.3 Å². The molecular weight excluding hydrogens is 200 g/mol. The Labute approximate surface area is 89.7 Å². The number of aliphatic hydroxyl groups is 2. The molecule has 0 fully saturated rings. The molecule has 90 valence electrons. The number of ether oxygens (including phenoxy) is 1. The van der Waals surface area contributed by atoms with Crippen LogP contribution in [0.4, 0.5) is 0 Å². The summed E-state index contributed by atoms with van der Waals surface area (Å²) in [5, 5.41) is 26.7. The van der Waals surface area contributed by atoms with E-state index in [9.17, 15) is 4.79 Å². The maximum atomic E-state index is 10.3. The van der Waals surface area contributed by atoms with Crippen molar-refractivity contribution in [2.24, 2.45) is 5.41 Å². The smallest absolute Gasteiger partial charge is 0.305 e. The molecule has 0 aromatic heterocycles. The van der Waals surface area contributed by atoms with Crippen LogP contribution in [0.1, 0.15) is 26.7 Å². The van der Waals surface area contributed by atoms with Crippen LogP contribution in [0.2, 0.25) is 0 Å². The molecule has 0 saturated heterocycles. The minimum Gasteiger partial charge on any atom is -0.481 e. The van der Waals surface area contributed by atoms with E-state index in [1.54, 1.807) is 6.92 Å². The van der Waals surface area contributed by atoms with E-state index in [1.807, 2.05) is 6.92 Å². The SMILES string of the molecule is CCC(OCCC(=O)O)C(C)(CO)CO. The predicted molar refractivity (Wildman–Crippen MR) is 54.6 cm³/mol. The average molecular weight is 220 g/mol. The first-order valence-corrected chi connectivity index (χ1v) is 5.05. The van der Waals surface area contributed by atoms with Crippen molar-refractivity contribution in [2.45, 2.75) is 32.8 Å². The second kappa shape index (κ2) is 6.76. The van der Waals surface area contributed by atoms with Crippen LogP contribution in [-0.2, 0) is 9.53 Å². The number of rotatable bonds is 8. The highest BCUT2D eigenvalue weighted by atomic mass is 16.5. The van der Waals surface area contributed by atoms with Gasteiger partial charge in [-0.25, -0.2) is 0 Å². The van der Waals surface area contributed by atoms with Gasteiger partial charge in [-0.15, -0.1) is 0 Å². The zero-order chi connectivity index (χ0) is 11.9. The van der Waals surface area contributed by atoms with Crippen molar-refractivity contribution in [1.82, 2.24) is 0 Å². The first-order valence-electron chi connectivity index (χ1n) is 5.05. The summed E-state index contributed by atoms with van der Waals surface area (Å²) in [5.41, 5.74) is -0.715. The summed E-state index contributed by atoms with van der Waals surface area (Å²) in [4.78, 5) is 10.3. The van der Waals surface area contributed by atoms with Gasteiger partial charge in [-0.2, -0.15) is 0 Å². The Morgan fingerprint density at radius 1 is 1.40 bits per heavy atom. The number of carboxylic acids is 1. The second-order valence-electron chi connectivity index (χ2n) is 3.88. The molecule has 0 radical (unpaired) electrons. The zero-order valence-corrected chi connectivity index (χ0v) is 9.27. The minimum absolute atomic E-state index is 0.0660. The van der Waals surface area contributed by atoms with Gasteiger partial charge in [0.25, 0.3) is 0 Å². The molecule has 15 heavy (non-hydrogen) atoms. The molecule has 1 atom stereocenters. The van der Waals surface area contributed by atoms with Crippen LogP contribution in [0.25, 0.3) is 0 Å². The fourth-order valence-electron chi connectivity index (χ4n) is 1.35. The Bertz CT molecular complexity index is 188. The number of carboxylic acid groups (broad SMARTS) is 1. The van der Waals surface area contributed by atoms with Crippen molar-refractivity contribution in [2.75, 3.05) is 19.8 Å². The van der Waals surface area contributed by atoms with Gasteiger partial charge < -0.3 is 20.1 Å². The van der Waals surface area contributed by atoms with Gasteiger partial charge in [-0.1, -0.05) is 13.8 Å². The largest absolute Gasteiger partial charge is 0.481 e. The number of carbonyl (C=O) groups is 1. The Kier molecular flexibility index (Phi) is 6.47. The molecule has 0 aliphatic rings. The zero-order valence-electron chi connectivity index (χ0n) is 9.27. The van der Waals surface area contributed by atoms with Crippen LogP contribution < -0.4 is 0 Å². The number of hydrogen-bond acceptors (Lipinski definition) is 4. The highest BCUT2D eigenvalue weighted by Crippen LogP contribution is 2.25. The molecule has 0 aliphatic heterocycles. The van der Waals surface area contributed by atoms with Gasteiger partial charge in [0.2, 0.25) is 0 Å².